The maximum atomic E-state index is 8.71. The number of hydrogen-bond acceptors (Lipinski definition) is 1. The molecule has 0 radical (unpaired) electrons. The third-order valence-electron chi connectivity index (χ3n) is 2.71. The standard InChI is InChI=1S/C11H10BrN/c12-10-3-1-2-9(8-10)11(4-5-11)6-7-13/h1-3,8H,4-6H2. The molecular weight excluding hydrogens is 226 g/mol. The molecule has 1 aliphatic rings. The monoisotopic (exact) mass is 235 g/mol. The van der Waals surface area contributed by atoms with E-state index in [4.69, 9.17) is 5.26 Å². The van der Waals surface area contributed by atoms with Gasteiger partial charge < -0.3 is 0 Å². The van der Waals surface area contributed by atoms with Gasteiger partial charge in [0, 0.05) is 16.3 Å². The van der Waals surface area contributed by atoms with Crippen LogP contribution in [0.15, 0.2) is 28.7 Å². The molecule has 0 aromatic heterocycles. The number of hydrogen-bond donors (Lipinski definition) is 0. The topological polar surface area (TPSA) is 23.8 Å². The van der Waals surface area contributed by atoms with E-state index < -0.39 is 0 Å². The fourth-order valence-corrected chi connectivity index (χ4v) is 2.09. The van der Waals surface area contributed by atoms with Gasteiger partial charge in [0.1, 0.15) is 0 Å². The molecule has 1 nitrogen and oxygen atoms in total. The second-order valence-corrected chi connectivity index (χ2v) is 4.54. The maximum Gasteiger partial charge on any atom is 0.0631 e. The van der Waals surface area contributed by atoms with Gasteiger partial charge in [-0.05, 0) is 30.5 Å². The predicted molar refractivity (Wildman–Crippen MR) is 55.3 cm³/mol. The quantitative estimate of drug-likeness (QED) is 0.771. The normalized spacial score (nSPS) is 17.8. The lowest BCUT2D eigenvalue weighted by atomic mass is 9.93. The SMILES string of the molecule is N#CCC1(c2cccc(Br)c2)CC1. The van der Waals surface area contributed by atoms with Crippen molar-refractivity contribution in [3.63, 3.8) is 0 Å². The molecule has 2 heteroatoms. The van der Waals surface area contributed by atoms with Gasteiger partial charge in [-0.3, -0.25) is 0 Å². The molecule has 66 valence electrons. The van der Waals surface area contributed by atoms with E-state index in [9.17, 15) is 0 Å². The molecule has 1 aliphatic carbocycles. The Morgan fingerprint density at radius 3 is 2.77 bits per heavy atom. The molecule has 0 atom stereocenters. The molecule has 0 bridgehead atoms. The van der Waals surface area contributed by atoms with Gasteiger partial charge in [0.2, 0.25) is 0 Å². The first-order valence-electron chi connectivity index (χ1n) is 4.40. The molecule has 1 aromatic carbocycles. The zero-order valence-electron chi connectivity index (χ0n) is 7.26. The van der Waals surface area contributed by atoms with E-state index in [1.807, 2.05) is 12.1 Å². The van der Waals surface area contributed by atoms with Crippen molar-refractivity contribution in [3.8, 4) is 6.07 Å². The van der Waals surface area contributed by atoms with Crippen molar-refractivity contribution in [2.24, 2.45) is 0 Å². The van der Waals surface area contributed by atoms with Crippen LogP contribution in [0, 0.1) is 11.3 Å². The summed E-state index contributed by atoms with van der Waals surface area (Å²) in [5, 5.41) is 8.71. The van der Waals surface area contributed by atoms with Crippen molar-refractivity contribution in [1.82, 2.24) is 0 Å². The highest BCUT2D eigenvalue weighted by Crippen LogP contribution is 2.51. The van der Waals surface area contributed by atoms with E-state index in [1.54, 1.807) is 0 Å². The van der Waals surface area contributed by atoms with Crippen molar-refractivity contribution < 1.29 is 0 Å². The summed E-state index contributed by atoms with van der Waals surface area (Å²) in [4.78, 5) is 0. The van der Waals surface area contributed by atoms with Gasteiger partial charge in [0.05, 0.1) is 6.07 Å². The van der Waals surface area contributed by atoms with Crippen molar-refractivity contribution in [3.05, 3.63) is 34.3 Å². The minimum absolute atomic E-state index is 0.193. The van der Waals surface area contributed by atoms with Crippen LogP contribution >= 0.6 is 15.9 Å². The Kier molecular flexibility index (Phi) is 2.13. The smallest absolute Gasteiger partial charge is 0.0631 e. The Hall–Kier alpha value is -0.810. The highest BCUT2D eigenvalue weighted by Gasteiger charge is 2.43. The third-order valence-corrected chi connectivity index (χ3v) is 3.20. The first-order chi connectivity index (χ1) is 6.27. The summed E-state index contributed by atoms with van der Waals surface area (Å²) < 4.78 is 1.11. The van der Waals surface area contributed by atoms with Crippen LogP contribution in [0.25, 0.3) is 0 Å². The number of nitrogens with zero attached hydrogens (tertiary/aromatic N) is 1. The molecule has 0 saturated heterocycles. The lowest BCUT2D eigenvalue weighted by Crippen LogP contribution is -2.04. The van der Waals surface area contributed by atoms with Gasteiger partial charge >= 0.3 is 0 Å². The zero-order valence-corrected chi connectivity index (χ0v) is 8.84. The summed E-state index contributed by atoms with van der Waals surface area (Å²) in [7, 11) is 0. The average molecular weight is 236 g/mol. The first-order valence-corrected chi connectivity index (χ1v) is 5.19. The van der Waals surface area contributed by atoms with Gasteiger partial charge in [-0.15, -0.1) is 0 Å². The fourth-order valence-electron chi connectivity index (χ4n) is 1.69. The Bertz CT molecular complexity index is 361. The Labute approximate surface area is 86.5 Å². The minimum Gasteiger partial charge on any atom is -0.198 e. The Morgan fingerprint density at radius 1 is 1.46 bits per heavy atom. The van der Waals surface area contributed by atoms with E-state index in [1.165, 1.54) is 5.56 Å². The van der Waals surface area contributed by atoms with E-state index >= 15 is 0 Å². The average Bonchev–Trinajstić information content (AvgIpc) is 2.86. The Balaban J connectivity index is 2.31. The predicted octanol–water partition coefficient (Wildman–Crippen LogP) is 3.39. The van der Waals surface area contributed by atoms with Gasteiger partial charge in [-0.2, -0.15) is 5.26 Å². The largest absolute Gasteiger partial charge is 0.198 e. The molecule has 0 unspecified atom stereocenters. The van der Waals surface area contributed by atoms with Crippen LogP contribution < -0.4 is 0 Å². The molecule has 1 fully saturated rings. The van der Waals surface area contributed by atoms with Crippen LogP contribution in [-0.4, -0.2) is 0 Å². The van der Waals surface area contributed by atoms with E-state index in [2.05, 4.69) is 34.1 Å². The van der Waals surface area contributed by atoms with E-state index in [0.717, 1.165) is 17.3 Å². The van der Waals surface area contributed by atoms with Crippen LogP contribution in [0.5, 0.6) is 0 Å². The van der Waals surface area contributed by atoms with Crippen LogP contribution in [0.4, 0.5) is 0 Å². The molecule has 0 aliphatic heterocycles. The highest BCUT2D eigenvalue weighted by atomic mass is 79.9. The number of nitriles is 1. The van der Waals surface area contributed by atoms with Crippen molar-refractivity contribution in [1.29, 1.82) is 5.26 Å². The second kappa shape index (κ2) is 3.16. The van der Waals surface area contributed by atoms with E-state index in [-0.39, 0.29) is 5.41 Å². The molecular formula is C11H10BrN. The molecule has 1 aromatic rings. The fraction of sp³-hybridized carbons (Fsp3) is 0.364. The number of rotatable bonds is 2. The maximum absolute atomic E-state index is 8.71. The summed E-state index contributed by atoms with van der Waals surface area (Å²) in [6.45, 7) is 0. The second-order valence-electron chi connectivity index (χ2n) is 3.63. The molecule has 0 heterocycles. The van der Waals surface area contributed by atoms with Gasteiger partial charge in [0.25, 0.3) is 0 Å². The molecule has 2 rings (SSSR count). The number of halogens is 1. The summed E-state index contributed by atoms with van der Waals surface area (Å²) >= 11 is 3.45. The van der Waals surface area contributed by atoms with Crippen LogP contribution in [0.1, 0.15) is 24.8 Å². The van der Waals surface area contributed by atoms with Gasteiger partial charge in [-0.25, -0.2) is 0 Å². The highest BCUT2D eigenvalue weighted by molar-refractivity contribution is 9.10. The first kappa shape index (κ1) is 8.77. The molecule has 1 saturated carbocycles. The van der Waals surface area contributed by atoms with Crippen molar-refractivity contribution in [2.75, 3.05) is 0 Å². The number of benzene rings is 1. The molecule has 13 heavy (non-hydrogen) atoms. The van der Waals surface area contributed by atoms with Gasteiger partial charge in [-0.1, -0.05) is 28.1 Å². The Morgan fingerprint density at radius 2 is 2.23 bits per heavy atom. The lowest BCUT2D eigenvalue weighted by molar-refractivity contribution is 0.714. The van der Waals surface area contributed by atoms with E-state index in [0.29, 0.717) is 6.42 Å². The van der Waals surface area contributed by atoms with Crippen LogP contribution in [-0.2, 0) is 5.41 Å². The minimum atomic E-state index is 0.193. The van der Waals surface area contributed by atoms with Crippen LogP contribution in [0.2, 0.25) is 0 Å². The molecule has 0 amide bonds. The van der Waals surface area contributed by atoms with Crippen LogP contribution in [0.3, 0.4) is 0 Å². The van der Waals surface area contributed by atoms with Crippen molar-refractivity contribution >= 4 is 15.9 Å². The molecule has 0 N–H and O–H groups in total. The summed E-state index contributed by atoms with van der Waals surface area (Å²) in [6.07, 6.45) is 2.98. The van der Waals surface area contributed by atoms with Gasteiger partial charge in [0.15, 0.2) is 0 Å². The summed E-state index contributed by atoms with van der Waals surface area (Å²) in [5.41, 5.74) is 1.50. The lowest BCUT2D eigenvalue weighted by Gasteiger charge is -2.11. The van der Waals surface area contributed by atoms with Crippen molar-refractivity contribution in [2.45, 2.75) is 24.7 Å². The molecule has 0 spiro atoms. The summed E-state index contributed by atoms with van der Waals surface area (Å²) in [6, 6.07) is 10.6. The zero-order chi connectivity index (χ0) is 9.31. The summed E-state index contributed by atoms with van der Waals surface area (Å²) in [5.74, 6) is 0. The third kappa shape index (κ3) is 1.62.